The van der Waals surface area contributed by atoms with Crippen molar-refractivity contribution in [1.29, 1.82) is 0 Å². The van der Waals surface area contributed by atoms with Crippen LogP contribution < -0.4 is 0 Å². The Kier molecular flexibility index (Phi) is 4.29. The Morgan fingerprint density at radius 1 is 1.32 bits per heavy atom. The molecule has 1 amide bonds. The SMILES string of the molecule is Cc1noc(C2CCN(C(=O)c3ccc(Br)cc3C)CC2)n1. The predicted octanol–water partition coefficient (Wildman–Crippen LogP) is 3.47. The van der Waals surface area contributed by atoms with Crippen LogP contribution in [0, 0.1) is 13.8 Å². The van der Waals surface area contributed by atoms with Crippen molar-refractivity contribution in [3.63, 3.8) is 0 Å². The molecule has 5 nitrogen and oxygen atoms in total. The van der Waals surface area contributed by atoms with Crippen molar-refractivity contribution >= 4 is 21.8 Å². The second-order valence-electron chi connectivity index (χ2n) is 5.71. The number of rotatable bonds is 2. The quantitative estimate of drug-likeness (QED) is 0.819. The molecule has 1 aromatic carbocycles. The molecule has 0 atom stereocenters. The van der Waals surface area contributed by atoms with Gasteiger partial charge >= 0.3 is 0 Å². The zero-order valence-corrected chi connectivity index (χ0v) is 14.3. The maximum Gasteiger partial charge on any atom is 0.254 e. The van der Waals surface area contributed by atoms with Crippen LogP contribution in [-0.2, 0) is 0 Å². The van der Waals surface area contributed by atoms with Gasteiger partial charge in [0.2, 0.25) is 5.89 Å². The highest BCUT2D eigenvalue weighted by Gasteiger charge is 2.28. The van der Waals surface area contributed by atoms with Gasteiger partial charge in [-0.05, 0) is 50.5 Å². The molecule has 116 valence electrons. The van der Waals surface area contributed by atoms with Crippen LogP contribution in [0.4, 0.5) is 0 Å². The molecule has 6 heteroatoms. The summed E-state index contributed by atoms with van der Waals surface area (Å²) in [7, 11) is 0. The number of amides is 1. The average Bonchev–Trinajstić information content (AvgIpc) is 2.93. The van der Waals surface area contributed by atoms with Crippen LogP contribution in [0.15, 0.2) is 27.2 Å². The molecule has 1 aliphatic rings. The summed E-state index contributed by atoms with van der Waals surface area (Å²) in [5.41, 5.74) is 1.77. The number of hydrogen-bond acceptors (Lipinski definition) is 4. The van der Waals surface area contributed by atoms with Gasteiger partial charge in [0.25, 0.3) is 5.91 Å². The molecule has 22 heavy (non-hydrogen) atoms. The van der Waals surface area contributed by atoms with Gasteiger partial charge in [-0.25, -0.2) is 0 Å². The Hall–Kier alpha value is -1.69. The minimum absolute atomic E-state index is 0.102. The lowest BCUT2D eigenvalue weighted by atomic mass is 9.96. The molecule has 2 heterocycles. The standard InChI is InChI=1S/C16H18BrN3O2/c1-10-9-13(17)3-4-14(10)16(21)20-7-5-12(6-8-20)15-18-11(2)19-22-15/h3-4,9,12H,5-8H2,1-2H3. The highest BCUT2D eigenvalue weighted by Crippen LogP contribution is 2.28. The van der Waals surface area contributed by atoms with Crippen LogP contribution in [0.2, 0.25) is 0 Å². The average molecular weight is 364 g/mol. The van der Waals surface area contributed by atoms with Gasteiger partial charge in [0, 0.05) is 29.0 Å². The second-order valence-corrected chi connectivity index (χ2v) is 6.62. The van der Waals surface area contributed by atoms with Gasteiger partial charge in [0.05, 0.1) is 0 Å². The number of aryl methyl sites for hydroxylation is 2. The van der Waals surface area contributed by atoms with Crippen LogP contribution in [0.5, 0.6) is 0 Å². The molecular formula is C16H18BrN3O2. The zero-order valence-electron chi connectivity index (χ0n) is 12.7. The Morgan fingerprint density at radius 2 is 2.05 bits per heavy atom. The molecule has 0 unspecified atom stereocenters. The second kappa shape index (κ2) is 6.20. The Morgan fingerprint density at radius 3 is 2.64 bits per heavy atom. The van der Waals surface area contributed by atoms with E-state index >= 15 is 0 Å². The highest BCUT2D eigenvalue weighted by molar-refractivity contribution is 9.10. The highest BCUT2D eigenvalue weighted by atomic mass is 79.9. The van der Waals surface area contributed by atoms with Crippen molar-refractivity contribution in [1.82, 2.24) is 15.0 Å². The summed E-state index contributed by atoms with van der Waals surface area (Å²) in [5, 5.41) is 3.84. The predicted molar refractivity (Wildman–Crippen MR) is 85.8 cm³/mol. The number of halogens is 1. The molecule has 0 radical (unpaired) electrons. The van der Waals surface area contributed by atoms with E-state index in [0.717, 1.165) is 41.5 Å². The van der Waals surface area contributed by atoms with Gasteiger partial charge in [-0.3, -0.25) is 4.79 Å². The summed E-state index contributed by atoms with van der Waals surface area (Å²) in [6.45, 7) is 5.23. The molecule has 1 aliphatic heterocycles. The van der Waals surface area contributed by atoms with E-state index in [1.54, 1.807) is 0 Å². The van der Waals surface area contributed by atoms with Crippen LogP contribution in [0.3, 0.4) is 0 Å². The van der Waals surface area contributed by atoms with Crippen LogP contribution in [0.1, 0.15) is 46.4 Å². The molecule has 1 saturated heterocycles. The molecule has 2 aromatic rings. The van der Waals surface area contributed by atoms with E-state index in [2.05, 4.69) is 26.1 Å². The molecule has 0 N–H and O–H groups in total. The number of aromatic nitrogens is 2. The Labute approximate surface area is 137 Å². The fraction of sp³-hybridized carbons (Fsp3) is 0.438. The van der Waals surface area contributed by atoms with Crippen molar-refractivity contribution in [3.05, 3.63) is 45.5 Å². The van der Waals surface area contributed by atoms with Crippen molar-refractivity contribution in [2.45, 2.75) is 32.6 Å². The topological polar surface area (TPSA) is 59.2 Å². The maximum atomic E-state index is 12.6. The largest absolute Gasteiger partial charge is 0.339 e. The van der Waals surface area contributed by atoms with E-state index in [1.807, 2.05) is 36.9 Å². The van der Waals surface area contributed by atoms with E-state index in [9.17, 15) is 4.79 Å². The Bertz CT molecular complexity index is 690. The summed E-state index contributed by atoms with van der Waals surface area (Å²) < 4.78 is 6.24. The van der Waals surface area contributed by atoms with Crippen molar-refractivity contribution in [2.75, 3.05) is 13.1 Å². The minimum Gasteiger partial charge on any atom is -0.339 e. The summed E-state index contributed by atoms with van der Waals surface area (Å²) >= 11 is 3.43. The van der Waals surface area contributed by atoms with Gasteiger partial charge in [0.1, 0.15) is 0 Å². The number of hydrogen-bond donors (Lipinski definition) is 0. The smallest absolute Gasteiger partial charge is 0.254 e. The van der Waals surface area contributed by atoms with Gasteiger partial charge in [-0.2, -0.15) is 4.98 Å². The number of likely N-dealkylation sites (tertiary alicyclic amines) is 1. The van der Waals surface area contributed by atoms with E-state index in [0.29, 0.717) is 11.7 Å². The van der Waals surface area contributed by atoms with Crippen molar-refractivity contribution in [3.8, 4) is 0 Å². The molecule has 1 fully saturated rings. The summed E-state index contributed by atoms with van der Waals surface area (Å²) in [6.07, 6.45) is 1.73. The molecule has 0 aliphatic carbocycles. The lowest BCUT2D eigenvalue weighted by molar-refractivity contribution is 0.0704. The van der Waals surface area contributed by atoms with Crippen LogP contribution >= 0.6 is 15.9 Å². The first kappa shape index (κ1) is 15.2. The minimum atomic E-state index is 0.102. The van der Waals surface area contributed by atoms with Crippen LogP contribution in [-0.4, -0.2) is 34.0 Å². The van der Waals surface area contributed by atoms with E-state index < -0.39 is 0 Å². The van der Waals surface area contributed by atoms with E-state index in [-0.39, 0.29) is 11.8 Å². The number of nitrogens with zero attached hydrogens (tertiary/aromatic N) is 3. The van der Waals surface area contributed by atoms with E-state index in [4.69, 9.17) is 4.52 Å². The number of benzene rings is 1. The molecule has 0 saturated carbocycles. The summed E-state index contributed by atoms with van der Waals surface area (Å²) in [6, 6.07) is 5.77. The van der Waals surface area contributed by atoms with Crippen LogP contribution in [0.25, 0.3) is 0 Å². The third-order valence-corrected chi connectivity index (χ3v) is 4.59. The number of carbonyl (C=O) groups excluding carboxylic acids is 1. The van der Waals surface area contributed by atoms with E-state index in [1.165, 1.54) is 0 Å². The molecular weight excluding hydrogens is 346 g/mol. The molecule has 3 rings (SSSR count). The fourth-order valence-electron chi connectivity index (χ4n) is 2.85. The first-order valence-electron chi connectivity index (χ1n) is 7.40. The lowest BCUT2D eigenvalue weighted by Crippen LogP contribution is -2.38. The normalized spacial score (nSPS) is 16.0. The summed E-state index contributed by atoms with van der Waals surface area (Å²) in [4.78, 5) is 18.9. The lowest BCUT2D eigenvalue weighted by Gasteiger charge is -2.30. The molecule has 0 spiro atoms. The van der Waals surface area contributed by atoms with Gasteiger partial charge in [0.15, 0.2) is 5.82 Å². The number of carbonyl (C=O) groups is 1. The molecule has 1 aromatic heterocycles. The Balaban J connectivity index is 1.67. The monoisotopic (exact) mass is 363 g/mol. The third kappa shape index (κ3) is 3.06. The third-order valence-electron chi connectivity index (χ3n) is 4.09. The van der Waals surface area contributed by atoms with Crippen molar-refractivity contribution in [2.24, 2.45) is 0 Å². The maximum absolute atomic E-state index is 12.6. The fourth-order valence-corrected chi connectivity index (χ4v) is 3.32. The van der Waals surface area contributed by atoms with Gasteiger partial charge in [-0.15, -0.1) is 0 Å². The molecule has 0 bridgehead atoms. The van der Waals surface area contributed by atoms with Gasteiger partial charge in [-0.1, -0.05) is 21.1 Å². The summed E-state index contributed by atoms with van der Waals surface area (Å²) in [5.74, 6) is 1.73. The van der Waals surface area contributed by atoms with Gasteiger partial charge < -0.3 is 9.42 Å². The first-order valence-corrected chi connectivity index (χ1v) is 8.19. The first-order chi connectivity index (χ1) is 10.5. The van der Waals surface area contributed by atoms with Crippen molar-refractivity contribution < 1.29 is 9.32 Å². The number of piperidine rings is 1. The zero-order chi connectivity index (χ0) is 15.7.